The molecular weight excluding hydrogens is 252 g/mol. The number of ether oxygens (including phenoxy) is 1. The number of nitrogens with zero attached hydrogens (tertiary/aromatic N) is 2. The first kappa shape index (κ1) is 16.5. The maximum absolute atomic E-state index is 12.4. The van der Waals surface area contributed by atoms with Crippen molar-refractivity contribution in [1.82, 2.24) is 9.88 Å². The zero-order valence-electron chi connectivity index (χ0n) is 13.2. The highest BCUT2D eigenvalue weighted by molar-refractivity contribution is 5.68. The first-order valence-electron chi connectivity index (χ1n) is 7.28. The second-order valence-corrected chi connectivity index (χ2v) is 5.88. The van der Waals surface area contributed by atoms with E-state index in [9.17, 15) is 4.79 Å². The van der Waals surface area contributed by atoms with Crippen molar-refractivity contribution in [2.45, 2.75) is 59.1 Å². The zero-order chi connectivity index (χ0) is 15.2. The molecule has 0 radical (unpaired) electrons. The van der Waals surface area contributed by atoms with E-state index in [1.165, 1.54) is 0 Å². The van der Waals surface area contributed by atoms with Gasteiger partial charge in [-0.05, 0) is 51.3 Å². The Morgan fingerprint density at radius 2 is 1.90 bits per heavy atom. The SMILES string of the molecule is CCCN(C(=O)OC(C)(C)C)C(CC)c1ccncc1. The molecule has 0 N–H and O–H groups in total. The molecule has 0 aliphatic heterocycles. The van der Waals surface area contributed by atoms with Crippen molar-refractivity contribution in [3.63, 3.8) is 0 Å². The minimum absolute atomic E-state index is 0.0350. The van der Waals surface area contributed by atoms with Gasteiger partial charge in [-0.2, -0.15) is 0 Å². The number of hydrogen-bond acceptors (Lipinski definition) is 3. The molecule has 0 aliphatic rings. The van der Waals surface area contributed by atoms with E-state index in [0.717, 1.165) is 18.4 Å². The summed E-state index contributed by atoms with van der Waals surface area (Å²) in [4.78, 5) is 18.3. The minimum atomic E-state index is -0.473. The average molecular weight is 278 g/mol. The summed E-state index contributed by atoms with van der Waals surface area (Å²) in [7, 11) is 0. The summed E-state index contributed by atoms with van der Waals surface area (Å²) in [5.41, 5.74) is 0.626. The topological polar surface area (TPSA) is 42.4 Å². The average Bonchev–Trinajstić information content (AvgIpc) is 2.38. The third kappa shape index (κ3) is 4.83. The first-order valence-corrected chi connectivity index (χ1v) is 7.28. The summed E-state index contributed by atoms with van der Waals surface area (Å²) in [6.45, 7) is 10.5. The van der Waals surface area contributed by atoms with Crippen molar-refractivity contribution in [2.75, 3.05) is 6.54 Å². The van der Waals surface area contributed by atoms with Crippen molar-refractivity contribution < 1.29 is 9.53 Å². The molecule has 1 aromatic heterocycles. The Bertz CT molecular complexity index is 412. The lowest BCUT2D eigenvalue weighted by Crippen LogP contribution is -2.39. The van der Waals surface area contributed by atoms with E-state index in [1.54, 1.807) is 12.4 Å². The number of pyridine rings is 1. The lowest BCUT2D eigenvalue weighted by Gasteiger charge is -2.33. The van der Waals surface area contributed by atoms with Gasteiger partial charge in [-0.1, -0.05) is 13.8 Å². The van der Waals surface area contributed by atoms with Gasteiger partial charge in [-0.25, -0.2) is 4.79 Å². The second kappa shape index (κ2) is 7.27. The third-order valence-electron chi connectivity index (χ3n) is 2.95. The van der Waals surface area contributed by atoms with Gasteiger partial charge in [0.25, 0.3) is 0 Å². The summed E-state index contributed by atoms with van der Waals surface area (Å²) < 4.78 is 5.53. The Labute approximate surface area is 122 Å². The van der Waals surface area contributed by atoms with Gasteiger partial charge in [-0.3, -0.25) is 4.98 Å². The predicted molar refractivity (Wildman–Crippen MR) is 80.5 cm³/mol. The van der Waals surface area contributed by atoms with E-state index in [0.29, 0.717) is 6.54 Å². The number of carbonyl (C=O) groups excluding carboxylic acids is 1. The Morgan fingerprint density at radius 1 is 1.30 bits per heavy atom. The summed E-state index contributed by atoms with van der Waals surface area (Å²) in [6, 6.07) is 3.95. The first-order chi connectivity index (χ1) is 9.39. The monoisotopic (exact) mass is 278 g/mol. The molecule has 0 aromatic carbocycles. The largest absolute Gasteiger partial charge is 0.444 e. The number of rotatable bonds is 5. The molecule has 1 aromatic rings. The van der Waals surface area contributed by atoms with E-state index in [1.807, 2.05) is 37.8 Å². The normalized spacial score (nSPS) is 12.8. The van der Waals surface area contributed by atoms with E-state index in [-0.39, 0.29) is 12.1 Å². The molecule has 112 valence electrons. The van der Waals surface area contributed by atoms with Crippen molar-refractivity contribution in [3.8, 4) is 0 Å². The molecule has 20 heavy (non-hydrogen) atoms. The highest BCUT2D eigenvalue weighted by atomic mass is 16.6. The standard InChI is InChI=1S/C16H26N2O2/c1-6-12-18(15(19)20-16(3,4)5)14(7-2)13-8-10-17-11-9-13/h8-11,14H,6-7,12H2,1-5H3. The van der Waals surface area contributed by atoms with Gasteiger partial charge >= 0.3 is 6.09 Å². The van der Waals surface area contributed by atoms with Crippen LogP contribution in [0.2, 0.25) is 0 Å². The van der Waals surface area contributed by atoms with Crippen LogP contribution in [-0.4, -0.2) is 28.1 Å². The van der Waals surface area contributed by atoms with Crippen LogP contribution in [0.3, 0.4) is 0 Å². The molecule has 1 heterocycles. The van der Waals surface area contributed by atoms with Gasteiger partial charge in [0.2, 0.25) is 0 Å². The zero-order valence-corrected chi connectivity index (χ0v) is 13.2. The van der Waals surface area contributed by atoms with Crippen LogP contribution >= 0.6 is 0 Å². The summed E-state index contributed by atoms with van der Waals surface area (Å²) in [5.74, 6) is 0. The molecule has 1 unspecified atom stereocenters. The lowest BCUT2D eigenvalue weighted by atomic mass is 10.0. The number of hydrogen-bond donors (Lipinski definition) is 0. The smallest absolute Gasteiger partial charge is 0.410 e. The van der Waals surface area contributed by atoms with Gasteiger partial charge in [0, 0.05) is 18.9 Å². The van der Waals surface area contributed by atoms with Crippen LogP contribution in [0, 0.1) is 0 Å². The van der Waals surface area contributed by atoms with Crippen molar-refractivity contribution in [1.29, 1.82) is 0 Å². The van der Waals surface area contributed by atoms with Crippen LogP contribution in [0.4, 0.5) is 4.79 Å². The maximum atomic E-state index is 12.4. The van der Waals surface area contributed by atoms with E-state index in [4.69, 9.17) is 4.74 Å². The predicted octanol–water partition coefficient (Wildman–Crippen LogP) is 4.18. The van der Waals surface area contributed by atoms with Crippen LogP contribution < -0.4 is 0 Å². The molecule has 1 amide bonds. The van der Waals surface area contributed by atoms with Gasteiger partial charge in [0.15, 0.2) is 0 Å². The van der Waals surface area contributed by atoms with Gasteiger partial charge in [-0.15, -0.1) is 0 Å². The molecule has 1 rings (SSSR count). The maximum Gasteiger partial charge on any atom is 0.410 e. The fraction of sp³-hybridized carbons (Fsp3) is 0.625. The molecule has 0 saturated heterocycles. The molecule has 0 spiro atoms. The van der Waals surface area contributed by atoms with Crippen LogP contribution in [0.5, 0.6) is 0 Å². The second-order valence-electron chi connectivity index (χ2n) is 5.88. The minimum Gasteiger partial charge on any atom is -0.444 e. The fourth-order valence-corrected chi connectivity index (χ4v) is 2.16. The van der Waals surface area contributed by atoms with Gasteiger partial charge in [0.05, 0.1) is 6.04 Å². The molecule has 0 aliphatic carbocycles. The number of carbonyl (C=O) groups is 1. The van der Waals surface area contributed by atoms with Crippen LogP contribution in [0.1, 0.15) is 59.1 Å². The van der Waals surface area contributed by atoms with Crippen LogP contribution in [0.25, 0.3) is 0 Å². The molecule has 4 nitrogen and oxygen atoms in total. The quantitative estimate of drug-likeness (QED) is 0.811. The van der Waals surface area contributed by atoms with Gasteiger partial charge in [0.1, 0.15) is 5.60 Å². The number of amides is 1. The Balaban J connectivity index is 2.95. The molecule has 0 fully saturated rings. The van der Waals surface area contributed by atoms with Crippen molar-refractivity contribution in [3.05, 3.63) is 30.1 Å². The molecule has 0 bridgehead atoms. The van der Waals surface area contributed by atoms with Crippen LogP contribution in [-0.2, 0) is 4.74 Å². The van der Waals surface area contributed by atoms with Crippen LogP contribution in [0.15, 0.2) is 24.5 Å². The Kier molecular flexibility index (Phi) is 5.99. The summed E-state index contributed by atoms with van der Waals surface area (Å²) in [6.07, 6.45) is 5.03. The van der Waals surface area contributed by atoms with E-state index in [2.05, 4.69) is 18.8 Å². The highest BCUT2D eigenvalue weighted by Gasteiger charge is 2.27. The molecule has 1 atom stereocenters. The Hall–Kier alpha value is -1.58. The Morgan fingerprint density at radius 3 is 2.35 bits per heavy atom. The van der Waals surface area contributed by atoms with E-state index < -0.39 is 5.60 Å². The fourth-order valence-electron chi connectivity index (χ4n) is 2.16. The lowest BCUT2D eigenvalue weighted by molar-refractivity contribution is 0.0152. The van der Waals surface area contributed by atoms with Crippen molar-refractivity contribution >= 4 is 6.09 Å². The van der Waals surface area contributed by atoms with Gasteiger partial charge < -0.3 is 9.64 Å². The molecule has 4 heteroatoms. The third-order valence-corrected chi connectivity index (χ3v) is 2.95. The number of aromatic nitrogens is 1. The van der Waals surface area contributed by atoms with Crippen molar-refractivity contribution in [2.24, 2.45) is 0 Å². The molecule has 0 saturated carbocycles. The highest BCUT2D eigenvalue weighted by Crippen LogP contribution is 2.26. The summed E-state index contributed by atoms with van der Waals surface area (Å²) >= 11 is 0. The van der Waals surface area contributed by atoms with E-state index >= 15 is 0 Å². The summed E-state index contributed by atoms with van der Waals surface area (Å²) in [5, 5.41) is 0. The molecular formula is C16H26N2O2.